The van der Waals surface area contributed by atoms with Gasteiger partial charge in [0.25, 0.3) is 17.8 Å². The summed E-state index contributed by atoms with van der Waals surface area (Å²) in [4.78, 5) is 34.4. The van der Waals surface area contributed by atoms with Crippen molar-refractivity contribution in [1.29, 1.82) is 0 Å². The van der Waals surface area contributed by atoms with Crippen molar-refractivity contribution in [3.8, 4) is 0 Å². The van der Waals surface area contributed by atoms with Gasteiger partial charge in [-0.2, -0.15) is 15.0 Å². The molecule has 1 aromatic rings. The minimum atomic E-state index is 0.352. The minimum absolute atomic E-state index is 0.352. The van der Waals surface area contributed by atoms with Gasteiger partial charge in [-0.15, -0.1) is 0 Å². The number of hydrogen-bond donors (Lipinski definition) is 0. The summed E-state index contributed by atoms with van der Waals surface area (Å²) in [5.41, 5.74) is 0. The molecule has 0 N–H and O–H groups in total. The highest BCUT2D eigenvalue weighted by atomic mass is 15.3. The minimum Gasteiger partial charge on any atom is -0.362 e. The molecular weight excluding hydrogens is 486 g/mol. The number of nitrogens with zero attached hydrogens (tertiary/aromatic N) is 9. The van der Waals surface area contributed by atoms with Crippen LogP contribution < -0.4 is 0 Å². The van der Waals surface area contributed by atoms with Crippen molar-refractivity contribution < 1.29 is 0 Å². The van der Waals surface area contributed by atoms with Crippen LogP contribution >= 0.6 is 0 Å². The normalized spacial score (nSPS) is 11.8. The first-order valence-electron chi connectivity index (χ1n) is 15.7. The fourth-order valence-electron chi connectivity index (χ4n) is 3.77. The molecule has 9 nitrogen and oxygen atoms in total. The van der Waals surface area contributed by atoms with Crippen LogP contribution in [-0.2, 0) is 0 Å². The van der Waals surface area contributed by atoms with Gasteiger partial charge in [0.1, 0.15) is 0 Å². The van der Waals surface area contributed by atoms with Gasteiger partial charge in [-0.25, -0.2) is 15.0 Å². The molecule has 0 aromatic carbocycles. The van der Waals surface area contributed by atoms with E-state index < -0.39 is 0 Å². The Bertz CT molecular complexity index is 669. The van der Waals surface area contributed by atoms with Crippen molar-refractivity contribution >= 4 is 36.9 Å². The van der Waals surface area contributed by atoms with Crippen LogP contribution in [0.1, 0.15) is 119 Å². The predicted octanol–water partition coefficient (Wildman–Crippen LogP) is 7.56. The number of rotatable bonds is 24. The average molecular weight is 544 g/mol. The molecule has 0 aliphatic rings. The molecule has 9 heteroatoms. The van der Waals surface area contributed by atoms with E-state index >= 15 is 0 Å². The smallest absolute Gasteiger partial charge is 0.257 e. The monoisotopic (exact) mass is 543 g/mol. The highest BCUT2D eigenvalue weighted by molar-refractivity contribution is 5.62. The van der Waals surface area contributed by atoms with E-state index in [0.717, 1.165) is 116 Å². The number of aliphatic imine (C=N–C) groups is 3. The van der Waals surface area contributed by atoms with Crippen molar-refractivity contribution in [2.24, 2.45) is 15.0 Å². The van der Waals surface area contributed by atoms with Gasteiger partial charge in [-0.3, -0.25) is 0 Å². The average Bonchev–Trinajstić information content (AvgIpc) is 2.95. The van der Waals surface area contributed by atoms with Gasteiger partial charge >= 0.3 is 0 Å². The highest BCUT2D eigenvalue weighted by Crippen LogP contribution is 2.16. The molecule has 0 saturated carbocycles. The fourth-order valence-corrected chi connectivity index (χ4v) is 3.77. The SMILES string of the molecule is CCCCN(C=Nc1nc(N=CN(CCCC)CCCC)nc(N=CN(CCCC)CCCC)n1)CCCC. The van der Waals surface area contributed by atoms with Crippen LogP contribution in [-0.4, -0.2) is 87.9 Å². The Balaban J connectivity index is 3.27. The summed E-state index contributed by atoms with van der Waals surface area (Å²) in [6.45, 7) is 19.2. The van der Waals surface area contributed by atoms with E-state index in [0.29, 0.717) is 17.8 Å². The Morgan fingerprint density at radius 3 is 0.795 bits per heavy atom. The molecule has 0 spiro atoms. The second-order valence-corrected chi connectivity index (χ2v) is 10.2. The Labute approximate surface area is 239 Å². The third-order valence-electron chi connectivity index (χ3n) is 6.40. The maximum atomic E-state index is 4.65. The third-order valence-corrected chi connectivity index (χ3v) is 6.40. The van der Waals surface area contributed by atoms with Crippen molar-refractivity contribution in [1.82, 2.24) is 29.7 Å². The van der Waals surface area contributed by atoms with Gasteiger partial charge in [0.05, 0.1) is 19.0 Å². The molecule has 39 heavy (non-hydrogen) atoms. The summed E-state index contributed by atoms with van der Waals surface area (Å²) in [5.74, 6) is 1.05. The second kappa shape index (κ2) is 23.3. The summed E-state index contributed by atoms with van der Waals surface area (Å²) in [6.07, 6.45) is 19.4. The number of aromatic nitrogens is 3. The summed E-state index contributed by atoms with van der Waals surface area (Å²) >= 11 is 0. The Morgan fingerprint density at radius 1 is 0.410 bits per heavy atom. The van der Waals surface area contributed by atoms with Crippen LogP contribution in [0.5, 0.6) is 0 Å². The summed E-state index contributed by atoms with van der Waals surface area (Å²) in [6, 6.07) is 0. The topological polar surface area (TPSA) is 85.5 Å². The lowest BCUT2D eigenvalue weighted by atomic mass is 10.3. The number of hydrogen-bond acceptors (Lipinski definition) is 6. The van der Waals surface area contributed by atoms with Gasteiger partial charge < -0.3 is 14.7 Å². The molecule has 1 heterocycles. The van der Waals surface area contributed by atoms with Crippen molar-refractivity contribution in [3.63, 3.8) is 0 Å². The molecule has 0 atom stereocenters. The first-order chi connectivity index (χ1) is 19.1. The van der Waals surface area contributed by atoms with E-state index in [2.05, 4.69) is 86.2 Å². The predicted molar refractivity (Wildman–Crippen MR) is 168 cm³/mol. The summed E-state index contributed by atoms with van der Waals surface area (Å²) in [7, 11) is 0. The molecule has 1 rings (SSSR count). The van der Waals surface area contributed by atoms with E-state index in [1.165, 1.54) is 0 Å². The van der Waals surface area contributed by atoms with E-state index in [9.17, 15) is 0 Å². The van der Waals surface area contributed by atoms with Crippen LogP contribution in [0.2, 0.25) is 0 Å². The maximum Gasteiger partial charge on any atom is 0.257 e. The van der Waals surface area contributed by atoms with Crippen molar-refractivity contribution in [2.75, 3.05) is 39.3 Å². The lowest BCUT2D eigenvalue weighted by Crippen LogP contribution is -2.24. The summed E-state index contributed by atoms with van der Waals surface area (Å²) in [5, 5.41) is 0. The number of unbranched alkanes of at least 4 members (excludes halogenated alkanes) is 6. The van der Waals surface area contributed by atoms with E-state index in [1.54, 1.807) is 0 Å². The first-order valence-corrected chi connectivity index (χ1v) is 15.7. The molecule has 0 bridgehead atoms. The zero-order chi connectivity index (χ0) is 28.6. The molecule has 0 radical (unpaired) electrons. The zero-order valence-electron chi connectivity index (χ0n) is 26.0. The van der Waals surface area contributed by atoms with Gasteiger partial charge in [-0.1, -0.05) is 80.1 Å². The van der Waals surface area contributed by atoms with Crippen molar-refractivity contribution in [3.05, 3.63) is 0 Å². The van der Waals surface area contributed by atoms with Gasteiger partial charge in [0.2, 0.25) is 0 Å². The highest BCUT2D eigenvalue weighted by Gasteiger charge is 2.07. The zero-order valence-corrected chi connectivity index (χ0v) is 26.0. The lowest BCUT2D eigenvalue weighted by Gasteiger charge is -2.19. The first kappa shape index (κ1) is 34.4. The van der Waals surface area contributed by atoms with E-state index in [1.807, 2.05) is 19.0 Å². The van der Waals surface area contributed by atoms with Crippen LogP contribution in [0, 0.1) is 0 Å². The molecule has 1 aromatic heterocycles. The van der Waals surface area contributed by atoms with Gasteiger partial charge in [0.15, 0.2) is 0 Å². The molecule has 0 amide bonds. The largest absolute Gasteiger partial charge is 0.362 e. The van der Waals surface area contributed by atoms with Crippen LogP contribution in [0.15, 0.2) is 15.0 Å². The van der Waals surface area contributed by atoms with Crippen LogP contribution in [0.3, 0.4) is 0 Å². The van der Waals surface area contributed by atoms with E-state index in [4.69, 9.17) is 0 Å². The molecule has 0 aliphatic heterocycles. The Hall–Kier alpha value is -2.58. The van der Waals surface area contributed by atoms with Crippen LogP contribution in [0.25, 0.3) is 0 Å². The standard InChI is InChI=1S/C30H57N9/c1-7-13-19-37(20-14-8-2)25-31-28-34-29(32-26-38(21-15-9-3)22-16-10-4)36-30(35-28)33-27-39(23-17-11-5)24-18-12-6/h25-27H,7-24H2,1-6H3. The molecule has 0 aliphatic carbocycles. The maximum absolute atomic E-state index is 4.65. The second-order valence-electron chi connectivity index (χ2n) is 10.2. The molecule has 0 saturated heterocycles. The quantitative estimate of drug-likeness (QED) is 0.0988. The summed E-state index contributed by atoms with van der Waals surface area (Å²) < 4.78 is 0. The van der Waals surface area contributed by atoms with Crippen LogP contribution in [0.4, 0.5) is 17.8 Å². The lowest BCUT2D eigenvalue weighted by molar-refractivity contribution is 0.408. The molecule has 222 valence electrons. The van der Waals surface area contributed by atoms with E-state index in [-0.39, 0.29) is 0 Å². The Kier molecular flexibility index (Phi) is 20.6. The van der Waals surface area contributed by atoms with Gasteiger partial charge in [0, 0.05) is 39.3 Å². The molecular formula is C30H57N9. The fraction of sp³-hybridized carbons (Fsp3) is 0.800. The Morgan fingerprint density at radius 2 is 0.615 bits per heavy atom. The van der Waals surface area contributed by atoms with Crippen molar-refractivity contribution in [2.45, 2.75) is 119 Å². The molecule has 0 fully saturated rings. The van der Waals surface area contributed by atoms with Gasteiger partial charge in [-0.05, 0) is 38.5 Å². The third kappa shape index (κ3) is 16.9. The molecule has 0 unspecified atom stereocenters.